The van der Waals surface area contributed by atoms with Crippen LogP contribution in [0.2, 0.25) is 0 Å². The minimum absolute atomic E-state index is 0.0162. The van der Waals surface area contributed by atoms with Crippen LogP contribution in [0.25, 0.3) is 0 Å². The number of rotatable bonds is 5. The van der Waals surface area contributed by atoms with Crippen molar-refractivity contribution in [2.75, 3.05) is 13.1 Å². The number of carbonyl (C=O) groups excluding carboxylic acids is 2. The molecule has 1 aromatic heterocycles. The molecule has 0 unspecified atom stereocenters. The van der Waals surface area contributed by atoms with E-state index in [4.69, 9.17) is 0 Å². The van der Waals surface area contributed by atoms with Crippen molar-refractivity contribution in [1.29, 1.82) is 0 Å². The maximum atomic E-state index is 13.7. The van der Waals surface area contributed by atoms with E-state index >= 15 is 0 Å². The maximum Gasteiger partial charge on any atom is 0.229 e. The van der Waals surface area contributed by atoms with Crippen LogP contribution in [-0.2, 0) is 16.0 Å². The molecule has 0 aromatic carbocycles. The zero-order chi connectivity index (χ0) is 16.4. The number of carbonyl (C=O) groups is 2. The fraction of sp³-hybridized carbons (Fsp3) is 0.733. The van der Waals surface area contributed by atoms with Crippen molar-refractivity contribution in [3.8, 4) is 0 Å². The molecule has 2 heterocycles. The third-order valence-corrected chi connectivity index (χ3v) is 4.74. The summed E-state index contributed by atoms with van der Waals surface area (Å²) in [7, 11) is 0. The summed E-state index contributed by atoms with van der Waals surface area (Å²) >= 11 is 0. The van der Waals surface area contributed by atoms with E-state index in [2.05, 4.69) is 20.3 Å². The van der Waals surface area contributed by atoms with Crippen LogP contribution in [0.1, 0.15) is 37.1 Å². The van der Waals surface area contributed by atoms with Crippen molar-refractivity contribution in [3.05, 3.63) is 11.4 Å². The fourth-order valence-corrected chi connectivity index (χ4v) is 3.05. The van der Waals surface area contributed by atoms with Crippen LogP contribution in [-0.4, -0.2) is 52.3 Å². The summed E-state index contributed by atoms with van der Waals surface area (Å²) in [6.07, 6.45) is 2.17. The average molecular weight is 324 g/mol. The first kappa shape index (κ1) is 15.9. The molecule has 7 nitrogen and oxygen atoms in total. The summed E-state index contributed by atoms with van der Waals surface area (Å²) in [6, 6.07) is -0.304. The first-order chi connectivity index (χ1) is 11.0. The van der Waals surface area contributed by atoms with Gasteiger partial charge in [0.05, 0.1) is 19.0 Å². The molecular formula is C15H21FN4O3. The molecule has 8 heteroatoms. The van der Waals surface area contributed by atoms with Crippen molar-refractivity contribution >= 4 is 11.8 Å². The molecule has 2 atom stereocenters. The number of aryl methyl sites for hydroxylation is 1. The first-order valence-electron chi connectivity index (χ1n) is 8.04. The van der Waals surface area contributed by atoms with Gasteiger partial charge in [-0.15, -0.1) is 0 Å². The summed E-state index contributed by atoms with van der Waals surface area (Å²) in [5, 5.41) is 10.2. The van der Waals surface area contributed by atoms with Crippen LogP contribution < -0.4 is 5.32 Å². The summed E-state index contributed by atoms with van der Waals surface area (Å²) in [5.74, 6) is -0.111. The number of alkyl halides is 1. The van der Waals surface area contributed by atoms with E-state index in [1.165, 1.54) is 4.90 Å². The smallest absolute Gasteiger partial charge is 0.229 e. The Bertz CT molecular complexity index is 587. The van der Waals surface area contributed by atoms with Crippen LogP contribution in [0, 0.1) is 12.8 Å². The third-order valence-electron chi connectivity index (χ3n) is 4.74. The van der Waals surface area contributed by atoms with Gasteiger partial charge in [0.2, 0.25) is 11.8 Å². The number of likely N-dealkylation sites (tertiary alicyclic amines) is 1. The van der Waals surface area contributed by atoms with Gasteiger partial charge in [0.25, 0.3) is 0 Å². The van der Waals surface area contributed by atoms with E-state index in [0.29, 0.717) is 17.9 Å². The highest BCUT2D eigenvalue weighted by Crippen LogP contribution is 2.26. The predicted octanol–water partition coefficient (Wildman–Crippen LogP) is 0.776. The minimum atomic E-state index is -1.05. The van der Waals surface area contributed by atoms with E-state index in [1.807, 2.05) is 0 Å². The number of aromatic nitrogens is 2. The Morgan fingerprint density at radius 2 is 2.17 bits per heavy atom. The lowest BCUT2D eigenvalue weighted by molar-refractivity contribution is -0.133. The Kier molecular flexibility index (Phi) is 4.58. The number of hydrogen-bond donors (Lipinski definition) is 1. The average Bonchev–Trinajstić information content (AvgIpc) is 3.01. The van der Waals surface area contributed by atoms with Gasteiger partial charge in [0.15, 0.2) is 0 Å². The van der Waals surface area contributed by atoms with E-state index in [-0.39, 0.29) is 43.2 Å². The lowest BCUT2D eigenvalue weighted by atomic mass is 9.85. The van der Waals surface area contributed by atoms with Gasteiger partial charge in [-0.3, -0.25) is 9.59 Å². The number of nitrogens with one attached hydrogen (secondary N) is 1. The van der Waals surface area contributed by atoms with Crippen molar-refractivity contribution in [1.82, 2.24) is 20.5 Å². The van der Waals surface area contributed by atoms with Crippen LogP contribution in [0.4, 0.5) is 4.39 Å². The van der Waals surface area contributed by atoms with E-state index in [1.54, 1.807) is 6.92 Å². The van der Waals surface area contributed by atoms with Gasteiger partial charge in [-0.05, 0) is 19.8 Å². The fourth-order valence-electron chi connectivity index (χ4n) is 3.05. The van der Waals surface area contributed by atoms with Crippen LogP contribution in [0.15, 0.2) is 4.63 Å². The van der Waals surface area contributed by atoms with Gasteiger partial charge >= 0.3 is 0 Å². The molecule has 2 amide bonds. The normalized spacial score (nSPS) is 24.5. The van der Waals surface area contributed by atoms with E-state index < -0.39 is 6.17 Å². The monoisotopic (exact) mass is 324 g/mol. The molecule has 23 heavy (non-hydrogen) atoms. The maximum absolute atomic E-state index is 13.7. The Balaban J connectivity index is 1.56. The molecule has 0 radical (unpaired) electrons. The minimum Gasteiger partial charge on any atom is -0.354 e. The zero-order valence-corrected chi connectivity index (χ0v) is 13.1. The summed E-state index contributed by atoms with van der Waals surface area (Å²) in [4.78, 5) is 25.8. The highest BCUT2D eigenvalue weighted by atomic mass is 19.1. The van der Waals surface area contributed by atoms with Crippen molar-refractivity contribution in [2.45, 2.75) is 51.2 Å². The number of hydrogen-bond acceptors (Lipinski definition) is 5. The zero-order valence-electron chi connectivity index (χ0n) is 13.1. The third kappa shape index (κ3) is 3.51. The molecule has 2 fully saturated rings. The predicted molar refractivity (Wildman–Crippen MR) is 78.1 cm³/mol. The van der Waals surface area contributed by atoms with E-state index in [9.17, 15) is 14.0 Å². The molecule has 1 aliphatic heterocycles. The van der Waals surface area contributed by atoms with Gasteiger partial charge in [-0.25, -0.2) is 9.02 Å². The quantitative estimate of drug-likeness (QED) is 0.864. The topological polar surface area (TPSA) is 88.3 Å². The molecule has 126 valence electrons. The lowest BCUT2D eigenvalue weighted by Crippen LogP contribution is -2.45. The Morgan fingerprint density at radius 3 is 2.78 bits per heavy atom. The standard InChI is InChI=1S/C15H21FN4O3/c1-9-13(19-23-18-9)6-14(21)20-8-11(16)5-12(20)7-17-15(22)10-3-2-4-10/h10-12H,2-8H2,1H3,(H,17,22)/t11-,12-/m0/s1. The summed E-state index contributed by atoms with van der Waals surface area (Å²) < 4.78 is 18.3. The lowest BCUT2D eigenvalue weighted by Gasteiger charge is -2.27. The molecule has 2 aliphatic rings. The van der Waals surface area contributed by atoms with Crippen LogP contribution >= 0.6 is 0 Å². The van der Waals surface area contributed by atoms with Gasteiger partial charge in [0.1, 0.15) is 17.6 Å². The molecular weight excluding hydrogens is 303 g/mol. The van der Waals surface area contributed by atoms with Crippen LogP contribution in [0.3, 0.4) is 0 Å². The number of nitrogens with zero attached hydrogens (tertiary/aromatic N) is 3. The molecule has 1 N–H and O–H groups in total. The van der Waals surface area contributed by atoms with Crippen molar-refractivity contribution < 1.29 is 18.6 Å². The van der Waals surface area contributed by atoms with Gasteiger partial charge in [0, 0.05) is 18.9 Å². The SMILES string of the molecule is Cc1nonc1CC(=O)N1C[C@@H](F)C[C@H]1CNC(=O)C1CCC1. The molecule has 3 rings (SSSR count). The molecule has 1 saturated heterocycles. The Morgan fingerprint density at radius 1 is 1.39 bits per heavy atom. The van der Waals surface area contributed by atoms with Crippen molar-refractivity contribution in [3.63, 3.8) is 0 Å². The molecule has 1 saturated carbocycles. The summed E-state index contributed by atoms with van der Waals surface area (Å²) in [5.41, 5.74) is 1.03. The largest absolute Gasteiger partial charge is 0.354 e. The highest BCUT2D eigenvalue weighted by Gasteiger charge is 2.36. The second-order valence-corrected chi connectivity index (χ2v) is 6.38. The van der Waals surface area contributed by atoms with Crippen molar-refractivity contribution in [2.24, 2.45) is 5.92 Å². The first-order valence-corrected chi connectivity index (χ1v) is 8.04. The number of amides is 2. The van der Waals surface area contributed by atoms with Gasteiger partial charge < -0.3 is 10.2 Å². The molecule has 1 aromatic rings. The summed E-state index contributed by atoms with van der Waals surface area (Å²) in [6.45, 7) is 2.07. The second kappa shape index (κ2) is 6.64. The van der Waals surface area contributed by atoms with E-state index in [0.717, 1.165) is 19.3 Å². The number of halogens is 1. The highest BCUT2D eigenvalue weighted by molar-refractivity contribution is 5.80. The second-order valence-electron chi connectivity index (χ2n) is 6.38. The van der Waals surface area contributed by atoms with Gasteiger partial charge in [-0.1, -0.05) is 16.7 Å². The molecule has 0 bridgehead atoms. The molecule has 0 spiro atoms. The van der Waals surface area contributed by atoms with Crippen LogP contribution in [0.5, 0.6) is 0 Å². The Hall–Kier alpha value is -1.99. The van der Waals surface area contributed by atoms with Gasteiger partial charge in [-0.2, -0.15) is 0 Å². The Labute approximate surface area is 133 Å². The molecule has 1 aliphatic carbocycles.